The quantitative estimate of drug-likeness (QED) is 0.675. The van der Waals surface area contributed by atoms with Crippen molar-refractivity contribution in [1.29, 1.82) is 0 Å². The minimum atomic E-state index is -0.526. The van der Waals surface area contributed by atoms with E-state index in [0.717, 1.165) is 32.1 Å². The Morgan fingerprint density at radius 2 is 1.88 bits per heavy atom. The predicted molar refractivity (Wildman–Crippen MR) is 96.3 cm³/mol. The first kappa shape index (κ1) is 17.5. The van der Waals surface area contributed by atoms with Gasteiger partial charge in [0.25, 0.3) is 5.91 Å². The zero-order valence-corrected chi connectivity index (χ0v) is 15.0. The molecule has 3 N–H and O–H groups in total. The fourth-order valence-corrected chi connectivity index (χ4v) is 5.99. The van der Waals surface area contributed by atoms with Gasteiger partial charge in [-0.1, -0.05) is 0 Å². The number of pyridine rings is 1. The number of aliphatic hydroxyl groups is 1. The molecule has 0 spiro atoms. The maximum absolute atomic E-state index is 12.4. The third-order valence-electron chi connectivity index (χ3n) is 6.34. The lowest BCUT2D eigenvalue weighted by molar-refractivity contribution is -0.169. The molecular formula is C20H27N3O3. The Labute approximate surface area is 153 Å². The van der Waals surface area contributed by atoms with Gasteiger partial charge in [-0.15, -0.1) is 0 Å². The molecule has 4 aliphatic carbocycles. The Morgan fingerprint density at radius 1 is 1.15 bits per heavy atom. The molecule has 6 heteroatoms. The monoisotopic (exact) mass is 357 g/mol. The van der Waals surface area contributed by atoms with E-state index >= 15 is 0 Å². The summed E-state index contributed by atoms with van der Waals surface area (Å²) in [5.41, 5.74) is -0.0233. The van der Waals surface area contributed by atoms with Crippen LogP contribution in [0.5, 0.6) is 0 Å². The highest BCUT2D eigenvalue weighted by atomic mass is 16.3. The van der Waals surface area contributed by atoms with Crippen LogP contribution >= 0.6 is 0 Å². The number of carbonyl (C=O) groups is 2. The molecule has 0 saturated heterocycles. The Hall–Kier alpha value is -1.95. The van der Waals surface area contributed by atoms with Crippen molar-refractivity contribution in [3.63, 3.8) is 0 Å². The van der Waals surface area contributed by atoms with Gasteiger partial charge in [0.2, 0.25) is 5.91 Å². The number of rotatable bonds is 6. The van der Waals surface area contributed by atoms with Gasteiger partial charge >= 0.3 is 0 Å². The molecule has 4 aliphatic rings. The summed E-state index contributed by atoms with van der Waals surface area (Å²) in [6.07, 6.45) is 9.65. The molecule has 2 amide bonds. The standard InChI is InChI=1S/C20H27N3O3/c24-17(22-4-5-23-18(25)16-2-1-3-21-12-16)11-19-7-14-6-15(8-19)10-20(26,9-14)13-19/h1-3,12,14-15,26H,4-11,13H2,(H,22,24)(H,23,25). The van der Waals surface area contributed by atoms with E-state index < -0.39 is 5.60 Å². The summed E-state index contributed by atoms with van der Waals surface area (Å²) < 4.78 is 0. The summed E-state index contributed by atoms with van der Waals surface area (Å²) in [6.45, 7) is 0.805. The number of nitrogens with one attached hydrogen (secondary N) is 2. The summed E-state index contributed by atoms with van der Waals surface area (Å²) in [5.74, 6) is 1.03. The van der Waals surface area contributed by atoms with Crippen LogP contribution in [-0.2, 0) is 4.79 Å². The highest BCUT2D eigenvalue weighted by Crippen LogP contribution is 2.62. The van der Waals surface area contributed by atoms with Crippen LogP contribution in [0.15, 0.2) is 24.5 Å². The SMILES string of the molecule is O=C(CC12CC3CC(CC(O)(C3)C1)C2)NCCNC(=O)c1cccnc1. The second kappa shape index (κ2) is 6.65. The van der Waals surface area contributed by atoms with Gasteiger partial charge in [-0.25, -0.2) is 0 Å². The topological polar surface area (TPSA) is 91.3 Å². The van der Waals surface area contributed by atoms with Crippen LogP contribution in [0.2, 0.25) is 0 Å². The summed E-state index contributed by atoms with van der Waals surface area (Å²) in [7, 11) is 0. The Kier molecular flexibility index (Phi) is 4.47. The van der Waals surface area contributed by atoms with Gasteiger partial charge in [-0.3, -0.25) is 14.6 Å². The number of aromatic nitrogens is 1. The summed E-state index contributed by atoms with van der Waals surface area (Å²) in [5, 5.41) is 16.5. The van der Waals surface area contributed by atoms with Crippen molar-refractivity contribution in [2.45, 2.75) is 50.5 Å². The number of nitrogens with zero attached hydrogens (tertiary/aromatic N) is 1. The van der Waals surface area contributed by atoms with Crippen molar-refractivity contribution in [3.05, 3.63) is 30.1 Å². The van der Waals surface area contributed by atoms with Crippen LogP contribution in [0, 0.1) is 17.3 Å². The first-order valence-corrected chi connectivity index (χ1v) is 9.63. The molecule has 1 aromatic heterocycles. The second-order valence-electron chi connectivity index (χ2n) is 8.71. The third-order valence-corrected chi connectivity index (χ3v) is 6.34. The van der Waals surface area contributed by atoms with Crippen LogP contribution in [0.4, 0.5) is 0 Å². The molecule has 1 heterocycles. The van der Waals surface area contributed by atoms with Crippen molar-refractivity contribution in [1.82, 2.24) is 15.6 Å². The molecular weight excluding hydrogens is 330 g/mol. The van der Waals surface area contributed by atoms with E-state index in [0.29, 0.717) is 36.9 Å². The Balaban J connectivity index is 1.23. The molecule has 6 nitrogen and oxygen atoms in total. The van der Waals surface area contributed by atoms with Gasteiger partial charge in [0.1, 0.15) is 0 Å². The minimum Gasteiger partial charge on any atom is -0.390 e. The van der Waals surface area contributed by atoms with Gasteiger partial charge < -0.3 is 15.7 Å². The van der Waals surface area contributed by atoms with Crippen LogP contribution in [-0.4, -0.2) is 40.6 Å². The van der Waals surface area contributed by atoms with Crippen molar-refractivity contribution in [2.24, 2.45) is 17.3 Å². The maximum Gasteiger partial charge on any atom is 0.252 e. The van der Waals surface area contributed by atoms with Gasteiger partial charge in [-0.2, -0.15) is 0 Å². The van der Waals surface area contributed by atoms with Gasteiger partial charge in [-0.05, 0) is 67.9 Å². The highest BCUT2D eigenvalue weighted by Gasteiger charge is 2.57. The normalized spacial score (nSPS) is 34.5. The van der Waals surface area contributed by atoms with E-state index in [1.165, 1.54) is 12.6 Å². The van der Waals surface area contributed by atoms with Gasteiger partial charge in [0.15, 0.2) is 0 Å². The maximum atomic E-state index is 12.4. The molecule has 4 fully saturated rings. The lowest BCUT2D eigenvalue weighted by Gasteiger charge is -2.60. The molecule has 4 bridgehead atoms. The molecule has 26 heavy (non-hydrogen) atoms. The van der Waals surface area contributed by atoms with Gasteiger partial charge in [0, 0.05) is 31.9 Å². The molecule has 1 aromatic rings. The first-order chi connectivity index (χ1) is 12.5. The van der Waals surface area contributed by atoms with Gasteiger partial charge in [0.05, 0.1) is 11.2 Å². The number of hydrogen-bond acceptors (Lipinski definition) is 4. The number of carbonyl (C=O) groups excluding carboxylic acids is 2. The fraction of sp³-hybridized carbons (Fsp3) is 0.650. The lowest BCUT2D eigenvalue weighted by Crippen LogP contribution is -2.56. The predicted octanol–water partition coefficient (Wildman–Crippen LogP) is 1.65. The summed E-state index contributed by atoms with van der Waals surface area (Å²) in [6, 6.07) is 3.43. The molecule has 2 unspecified atom stereocenters. The molecule has 4 saturated carbocycles. The van der Waals surface area contributed by atoms with E-state index in [-0.39, 0.29) is 17.2 Å². The van der Waals surface area contributed by atoms with Crippen LogP contribution < -0.4 is 10.6 Å². The molecule has 0 aromatic carbocycles. The average Bonchev–Trinajstić information content (AvgIpc) is 2.56. The van der Waals surface area contributed by atoms with E-state index in [4.69, 9.17) is 0 Å². The summed E-state index contributed by atoms with van der Waals surface area (Å²) in [4.78, 5) is 28.3. The van der Waals surface area contributed by atoms with Crippen molar-refractivity contribution >= 4 is 11.8 Å². The van der Waals surface area contributed by atoms with Crippen molar-refractivity contribution in [3.8, 4) is 0 Å². The average molecular weight is 357 g/mol. The van der Waals surface area contributed by atoms with Crippen molar-refractivity contribution < 1.29 is 14.7 Å². The van der Waals surface area contributed by atoms with E-state index in [1.807, 2.05) is 0 Å². The third kappa shape index (κ3) is 3.61. The Bertz CT molecular complexity index is 677. The first-order valence-electron chi connectivity index (χ1n) is 9.63. The molecule has 140 valence electrons. The number of hydrogen-bond donors (Lipinski definition) is 3. The highest BCUT2D eigenvalue weighted by molar-refractivity contribution is 5.93. The van der Waals surface area contributed by atoms with Crippen LogP contribution in [0.25, 0.3) is 0 Å². The fourth-order valence-electron chi connectivity index (χ4n) is 5.99. The second-order valence-corrected chi connectivity index (χ2v) is 8.71. The van der Waals surface area contributed by atoms with E-state index in [2.05, 4.69) is 15.6 Å². The minimum absolute atomic E-state index is 0.0120. The lowest BCUT2D eigenvalue weighted by atomic mass is 9.47. The van der Waals surface area contributed by atoms with Crippen LogP contribution in [0.3, 0.4) is 0 Å². The molecule has 5 rings (SSSR count). The van der Waals surface area contributed by atoms with Crippen LogP contribution in [0.1, 0.15) is 55.3 Å². The smallest absolute Gasteiger partial charge is 0.252 e. The largest absolute Gasteiger partial charge is 0.390 e. The molecule has 0 aliphatic heterocycles. The zero-order valence-electron chi connectivity index (χ0n) is 15.0. The zero-order chi connectivity index (χ0) is 18.2. The Morgan fingerprint density at radius 3 is 2.54 bits per heavy atom. The molecule has 0 radical (unpaired) electrons. The van der Waals surface area contributed by atoms with E-state index in [9.17, 15) is 14.7 Å². The summed E-state index contributed by atoms with van der Waals surface area (Å²) >= 11 is 0. The number of amides is 2. The van der Waals surface area contributed by atoms with E-state index in [1.54, 1.807) is 18.3 Å². The van der Waals surface area contributed by atoms with Crippen molar-refractivity contribution in [2.75, 3.05) is 13.1 Å². The molecule has 2 atom stereocenters.